The molecule has 2 aromatic carbocycles. The van der Waals surface area contributed by atoms with Gasteiger partial charge in [-0.05, 0) is 36.7 Å². The lowest BCUT2D eigenvalue weighted by Gasteiger charge is -2.09. The first-order valence-electron chi connectivity index (χ1n) is 6.63. The molecule has 0 bridgehead atoms. The van der Waals surface area contributed by atoms with E-state index in [-0.39, 0.29) is 17.7 Å². The first kappa shape index (κ1) is 13.1. The van der Waals surface area contributed by atoms with Gasteiger partial charge in [0.2, 0.25) is 0 Å². The van der Waals surface area contributed by atoms with Crippen molar-refractivity contribution >= 4 is 0 Å². The summed E-state index contributed by atoms with van der Waals surface area (Å²) in [4.78, 5) is 0. The molecule has 0 saturated carbocycles. The van der Waals surface area contributed by atoms with Crippen LogP contribution in [0.1, 0.15) is 12.0 Å². The number of rotatable bonds is 3. The Morgan fingerprint density at radius 1 is 1.15 bits per heavy atom. The van der Waals surface area contributed by atoms with Crippen molar-refractivity contribution < 1.29 is 13.5 Å². The molecule has 0 radical (unpaired) electrons. The highest BCUT2D eigenvalue weighted by molar-refractivity contribution is 5.67. The molecule has 20 heavy (non-hydrogen) atoms. The van der Waals surface area contributed by atoms with Crippen LogP contribution in [0.2, 0.25) is 0 Å². The van der Waals surface area contributed by atoms with Gasteiger partial charge in [0, 0.05) is 17.5 Å². The topological polar surface area (TPSA) is 35.2 Å². The molecule has 0 fully saturated rings. The van der Waals surface area contributed by atoms with Gasteiger partial charge in [0.05, 0.1) is 0 Å². The predicted molar refractivity (Wildman–Crippen MR) is 73.6 cm³/mol. The van der Waals surface area contributed by atoms with Crippen LogP contribution in [0.15, 0.2) is 36.4 Å². The van der Waals surface area contributed by atoms with E-state index in [2.05, 4.69) is 0 Å². The second-order valence-electron chi connectivity index (χ2n) is 4.95. The fourth-order valence-corrected chi connectivity index (χ4v) is 2.59. The van der Waals surface area contributed by atoms with Crippen molar-refractivity contribution in [3.63, 3.8) is 0 Å². The summed E-state index contributed by atoms with van der Waals surface area (Å²) in [5.74, 6) is -0.520. The van der Waals surface area contributed by atoms with Crippen LogP contribution >= 0.6 is 0 Å². The molecule has 2 N–H and O–H groups in total. The van der Waals surface area contributed by atoms with Gasteiger partial charge in [-0.2, -0.15) is 0 Å². The highest BCUT2D eigenvalue weighted by Gasteiger charge is 2.26. The van der Waals surface area contributed by atoms with Crippen LogP contribution in [0.3, 0.4) is 0 Å². The third-order valence-electron chi connectivity index (χ3n) is 3.53. The van der Waals surface area contributed by atoms with Crippen molar-refractivity contribution in [1.29, 1.82) is 0 Å². The molecule has 1 aliphatic rings. The van der Waals surface area contributed by atoms with E-state index in [1.54, 1.807) is 24.3 Å². The Labute approximate surface area is 116 Å². The number of ether oxygens (including phenoxy) is 1. The minimum absolute atomic E-state index is 0.0830. The number of hydrogen-bond acceptors (Lipinski definition) is 2. The highest BCUT2D eigenvalue weighted by Crippen LogP contribution is 2.37. The van der Waals surface area contributed by atoms with Crippen LogP contribution < -0.4 is 10.5 Å². The number of nitrogens with two attached hydrogens (primary N) is 1. The summed E-state index contributed by atoms with van der Waals surface area (Å²) in [5.41, 5.74) is 7.22. The molecule has 0 spiro atoms. The van der Waals surface area contributed by atoms with Gasteiger partial charge < -0.3 is 10.5 Å². The summed E-state index contributed by atoms with van der Waals surface area (Å²) in [6.45, 7) is 0.500. The van der Waals surface area contributed by atoms with Crippen LogP contribution in [0.5, 0.6) is 5.75 Å². The Bertz CT molecular complexity index is 642. The van der Waals surface area contributed by atoms with Crippen molar-refractivity contribution in [3.05, 3.63) is 53.6 Å². The molecule has 0 saturated heterocycles. The van der Waals surface area contributed by atoms with Crippen LogP contribution in [-0.2, 0) is 6.42 Å². The van der Waals surface area contributed by atoms with E-state index in [0.29, 0.717) is 30.5 Å². The van der Waals surface area contributed by atoms with Crippen molar-refractivity contribution in [2.75, 3.05) is 6.54 Å². The van der Waals surface area contributed by atoms with Crippen molar-refractivity contribution in [2.24, 2.45) is 5.73 Å². The SMILES string of the molecule is NCCC1Cc2cc(-c3ccccc3F)cc(F)c2O1. The maximum absolute atomic E-state index is 14.1. The quantitative estimate of drug-likeness (QED) is 0.933. The molecule has 0 aromatic heterocycles. The highest BCUT2D eigenvalue weighted by atomic mass is 19.1. The average Bonchev–Trinajstić information content (AvgIpc) is 2.83. The Morgan fingerprint density at radius 3 is 2.70 bits per heavy atom. The molecular weight excluding hydrogens is 260 g/mol. The maximum atomic E-state index is 14.1. The second-order valence-corrected chi connectivity index (χ2v) is 4.95. The molecular formula is C16H15F2NO. The third kappa shape index (κ3) is 2.27. The van der Waals surface area contributed by atoms with E-state index < -0.39 is 5.82 Å². The second kappa shape index (κ2) is 5.21. The van der Waals surface area contributed by atoms with Crippen molar-refractivity contribution in [2.45, 2.75) is 18.9 Å². The van der Waals surface area contributed by atoms with Crippen LogP contribution in [-0.4, -0.2) is 12.6 Å². The largest absolute Gasteiger partial charge is 0.487 e. The van der Waals surface area contributed by atoms with Gasteiger partial charge in [0.15, 0.2) is 11.6 Å². The van der Waals surface area contributed by atoms with E-state index in [4.69, 9.17) is 10.5 Å². The van der Waals surface area contributed by atoms with E-state index in [0.717, 1.165) is 5.56 Å². The Kier molecular flexibility index (Phi) is 3.40. The van der Waals surface area contributed by atoms with Gasteiger partial charge in [-0.1, -0.05) is 18.2 Å². The van der Waals surface area contributed by atoms with E-state index >= 15 is 0 Å². The Balaban J connectivity index is 2.00. The fourth-order valence-electron chi connectivity index (χ4n) is 2.59. The standard InChI is InChI=1S/C16H15F2NO/c17-14-4-2-1-3-13(14)10-7-11-8-12(5-6-19)20-16(11)15(18)9-10/h1-4,7,9,12H,5-6,8,19H2. The molecule has 1 atom stereocenters. The molecule has 1 aliphatic heterocycles. The minimum Gasteiger partial charge on any atom is -0.487 e. The fraction of sp³-hybridized carbons (Fsp3) is 0.250. The smallest absolute Gasteiger partial charge is 0.165 e. The first-order chi connectivity index (χ1) is 9.69. The molecule has 2 nitrogen and oxygen atoms in total. The molecule has 4 heteroatoms. The minimum atomic E-state index is -0.444. The van der Waals surface area contributed by atoms with Gasteiger partial charge >= 0.3 is 0 Å². The predicted octanol–water partition coefficient (Wildman–Crippen LogP) is 3.28. The normalized spacial score (nSPS) is 16.9. The van der Waals surface area contributed by atoms with Gasteiger partial charge in [0.1, 0.15) is 11.9 Å². The number of halogens is 2. The molecule has 0 amide bonds. The molecule has 104 valence electrons. The molecule has 0 aliphatic carbocycles. The average molecular weight is 275 g/mol. The number of benzene rings is 2. The van der Waals surface area contributed by atoms with Gasteiger partial charge in [-0.3, -0.25) is 0 Å². The zero-order chi connectivity index (χ0) is 14.1. The summed E-state index contributed by atoms with van der Waals surface area (Å²) in [5, 5.41) is 0. The molecule has 2 aromatic rings. The van der Waals surface area contributed by atoms with Gasteiger partial charge in [-0.15, -0.1) is 0 Å². The monoisotopic (exact) mass is 275 g/mol. The molecule has 1 unspecified atom stereocenters. The Hall–Kier alpha value is -1.94. The summed E-state index contributed by atoms with van der Waals surface area (Å²) in [7, 11) is 0. The summed E-state index contributed by atoms with van der Waals surface area (Å²) in [6, 6.07) is 9.48. The zero-order valence-corrected chi connectivity index (χ0v) is 10.9. The lowest BCUT2D eigenvalue weighted by Crippen LogP contribution is -2.17. The lowest BCUT2D eigenvalue weighted by molar-refractivity contribution is 0.216. The van der Waals surface area contributed by atoms with Crippen LogP contribution in [0.4, 0.5) is 8.78 Å². The third-order valence-corrected chi connectivity index (χ3v) is 3.53. The van der Waals surface area contributed by atoms with Crippen LogP contribution in [0, 0.1) is 11.6 Å². The molecule has 3 rings (SSSR count). The lowest BCUT2D eigenvalue weighted by atomic mass is 10.00. The van der Waals surface area contributed by atoms with Gasteiger partial charge in [-0.25, -0.2) is 8.78 Å². The number of fused-ring (bicyclic) bond motifs is 1. The first-order valence-corrected chi connectivity index (χ1v) is 6.63. The number of hydrogen-bond donors (Lipinski definition) is 1. The zero-order valence-electron chi connectivity index (χ0n) is 10.9. The van der Waals surface area contributed by atoms with Crippen molar-refractivity contribution in [1.82, 2.24) is 0 Å². The summed E-state index contributed by atoms with van der Waals surface area (Å²) in [6.07, 6.45) is 1.22. The maximum Gasteiger partial charge on any atom is 0.165 e. The van der Waals surface area contributed by atoms with Crippen molar-refractivity contribution in [3.8, 4) is 16.9 Å². The molecule has 1 heterocycles. The van der Waals surface area contributed by atoms with E-state index in [9.17, 15) is 8.78 Å². The summed E-state index contributed by atoms with van der Waals surface area (Å²) >= 11 is 0. The van der Waals surface area contributed by atoms with E-state index in [1.165, 1.54) is 12.1 Å². The Morgan fingerprint density at radius 2 is 1.95 bits per heavy atom. The van der Waals surface area contributed by atoms with E-state index in [1.807, 2.05) is 0 Å². The van der Waals surface area contributed by atoms with Gasteiger partial charge in [0.25, 0.3) is 0 Å². The van der Waals surface area contributed by atoms with Crippen LogP contribution in [0.25, 0.3) is 11.1 Å². The summed E-state index contributed by atoms with van der Waals surface area (Å²) < 4.78 is 33.4.